The van der Waals surface area contributed by atoms with Gasteiger partial charge in [0.15, 0.2) is 0 Å². The molecule has 0 fully saturated rings. The van der Waals surface area contributed by atoms with Gasteiger partial charge in [0.25, 0.3) is 0 Å². The molecule has 0 spiro atoms. The number of hydrogen-bond acceptors (Lipinski definition) is 7. The van der Waals surface area contributed by atoms with E-state index in [0.29, 0.717) is 12.6 Å². The third-order valence-corrected chi connectivity index (χ3v) is 3.06. The molecule has 0 aliphatic carbocycles. The molecule has 0 aliphatic heterocycles. The monoisotopic (exact) mass is 281 g/mol. The largest absolute Gasteiger partial charge is 0.697 e. The summed E-state index contributed by atoms with van der Waals surface area (Å²) in [7, 11) is -2.51. The molecule has 4 unspecified atom stereocenters. The van der Waals surface area contributed by atoms with E-state index in [-0.39, 0.29) is 13.2 Å². The minimum absolute atomic E-state index is 0.311. The molecule has 0 rings (SSSR count). The molecular formula is C10H18O7P+. The number of aliphatic hydroxyl groups excluding tert-OH is 2. The zero-order valence-electron chi connectivity index (χ0n) is 10.3. The van der Waals surface area contributed by atoms with E-state index in [4.69, 9.17) is 0 Å². The van der Waals surface area contributed by atoms with Crippen LogP contribution in [-0.2, 0) is 23.2 Å². The highest BCUT2D eigenvalue weighted by molar-refractivity contribution is 7.33. The van der Waals surface area contributed by atoms with Gasteiger partial charge < -0.3 is 19.8 Å². The first kappa shape index (κ1) is 17.3. The fraction of sp³-hybridized carbons (Fsp3) is 0.800. The third-order valence-electron chi connectivity index (χ3n) is 2.34. The third kappa shape index (κ3) is 6.88. The van der Waals surface area contributed by atoms with Crippen LogP contribution in [0.1, 0.15) is 13.8 Å². The lowest BCUT2D eigenvalue weighted by Crippen LogP contribution is -2.25. The highest BCUT2D eigenvalue weighted by atomic mass is 31.1. The summed E-state index contributed by atoms with van der Waals surface area (Å²) in [6.45, 7) is 2.36. The smallest absolute Gasteiger partial charge is 0.390 e. The molecule has 0 bridgehead atoms. The summed E-state index contributed by atoms with van der Waals surface area (Å²) in [5.74, 6) is -1.26. The summed E-state index contributed by atoms with van der Waals surface area (Å²) in [5, 5.41) is 18.7. The maximum atomic E-state index is 11.2. The molecule has 0 radical (unpaired) electrons. The summed E-state index contributed by atoms with van der Waals surface area (Å²) in [6.07, 6.45) is -1.03. The molecule has 0 heterocycles. The van der Waals surface area contributed by atoms with Crippen LogP contribution in [0, 0.1) is 11.8 Å². The van der Waals surface area contributed by atoms with Gasteiger partial charge >= 0.3 is 8.25 Å². The Balaban J connectivity index is 3.85. The Labute approximate surface area is 106 Å². The molecule has 104 valence electrons. The minimum atomic E-state index is -2.51. The molecular weight excluding hydrogens is 263 g/mol. The van der Waals surface area contributed by atoms with E-state index in [2.05, 4.69) is 9.05 Å². The lowest BCUT2D eigenvalue weighted by atomic mass is 10.1. The lowest BCUT2D eigenvalue weighted by Gasteiger charge is -2.09. The van der Waals surface area contributed by atoms with Crippen molar-refractivity contribution in [2.75, 3.05) is 13.2 Å². The predicted octanol–water partition coefficient (Wildman–Crippen LogP) is 0.0688. The number of rotatable bonds is 10. The van der Waals surface area contributed by atoms with E-state index in [1.165, 1.54) is 13.8 Å². The van der Waals surface area contributed by atoms with Gasteiger partial charge in [0.2, 0.25) is 0 Å². The maximum Gasteiger partial charge on any atom is 0.697 e. The van der Waals surface area contributed by atoms with Gasteiger partial charge in [-0.1, -0.05) is 13.8 Å². The van der Waals surface area contributed by atoms with Crippen molar-refractivity contribution in [2.45, 2.75) is 26.1 Å². The average molecular weight is 281 g/mol. The SMILES string of the molecule is CC(C=O)C(O)CO[P+](=O)OCC(O)C(C)C=O. The molecule has 18 heavy (non-hydrogen) atoms. The first-order chi connectivity index (χ1) is 8.42. The van der Waals surface area contributed by atoms with E-state index in [1.807, 2.05) is 0 Å². The van der Waals surface area contributed by atoms with Gasteiger partial charge in [0.05, 0.1) is 12.2 Å². The van der Waals surface area contributed by atoms with Gasteiger partial charge in [-0.05, 0) is 0 Å². The van der Waals surface area contributed by atoms with Crippen LogP contribution in [0.4, 0.5) is 0 Å². The van der Waals surface area contributed by atoms with Crippen LogP contribution in [0.2, 0.25) is 0 Å². The molecule has 0 aromatic heterocycles. The van der Waals surface area contributed by atoms with Crippen molar-refractivity contribution in [1.29, 1.82) is 0 Å². The second-order valence-electron chi connectivity index (χ2n) is 3.94. The Hall–Kier alpha value is -0.720. The molecule has 2 N–H and O–H groups in total. The number of hydrogen-bond donors (Lipinski definition) is 2. The highest BCUT2D eigenvalue weighted by Gasteiger charge is 2.27. The Morgan fingerprint density at radius 2 is 1.33 bits per heavy atom. The van der Waals surface area contributed by atoms with Crippen molar-refractivity contribution < 1.29 is 33.4 Å². The van der Waals surface area contributed by atoms with Crippen molar-refractivity contribution in [3.8, 4) is 0 Å². The lowest BCUT2D eigenvalue weighted by molar-refractivity contribution is -0.114. The Bertz CT molecular complexity index is 257. The molecule has 7 nitrogen and oxygen atoms in total. The van der Waals surface area contributed by atoms with E-state index in [9.17, 15) is 24.4 Å². The zero-order valence-corrected chi connectivity index (χ0v) is 11.2. The zero-order chi connectivity index (χ0) is 14.1. The van der Waals surface area contributed by atoms with Gasteiger partial charge in [0.1, 0.15) is 25.8 Å². The van der Waals surface area contributed by atoms with E-state index < -0.39 is 32.3 Å². The summed E-state index contributed by atoms with van der Waals surface area (Å²) in [4.78, 5) is 20.7. The van der Waals surface area contributed by atoms with Crippen molar-refractivity contribution in [3.63, 3.8) is 0 Å². The van der Waals surface area contributed by atoms with Crippen LogP contribution in [0.3, 0.4) is 0 Å². The summed E-state index contributed by atoms with van der Waals surface area (Å²) in [6, 6.07) is 0. The molecule has 0 saturated carbocycles. The highest BCUT2D eigenvalue weighted by Crippen LogP contribution is 2.25. The van der Waals surface area contributed by atoms with Gasteiger partial charge in [-0.2, -0.15) is 0 Å². The summed E-state index contributed by atoms with van der Waals surface area (Å²) < 4.78 is 20.5. The maximum absolute atomic E-state index is 11.2. The van der Waals surface area contributed by atoms with E-state index >= 15 is 0 Å². The Kier molecular flexibility index (Phi) is 8.87. The van der Waals surface area contributed by atoms with Crippen LogP contribution in [0.25, 0.3) is 0 Å². The molecule has 0 aromatic rings. The number of carbonyl (C=O) groups is 2. The van der Waals surface area contributed by atoms with Gasteiger partial charge in [0, 0.05) is 16.4 Å². The van der Waals surface area contributed by atoms with Crippen molar-refractivity contribution >= 4 is 20.8 Å². The van der Waals surface area contributed by atoms with Crippen molar-refractivity contribution in [1.82, 2.24) is 0 Å². The standard InChI is InChI=1S/C10H18O7P/c1-7(3-11)9(13)5-16-18(15)17-6-10(14)8(2)4-12/h3-4,7-10,13-14H,5-6H2,1-2H3/q+1. The molecule has 4 atom stereocenters. The van der Waals surface area contributed by atoms with Gasteiger partial charge in [-0.15, -0.1) is 9.05 Å². The number of aliphatic hydroxyl groups is 2. The van der Waals surface area contributed by atoms with Crippen molar-refractivity contribution in [2.24, 2.45) is 11.8 Å². The first-order valence-electron chi connectivity index (χ1n) is 5.42. The summed E-state index contributed by atoms with van der Waals surface area (Å²) >= 11 is 0. The summed E-state index contributed by atoms with van der Waals surface area (Å²) in [5.41, 5.74) is 0. The molecule has 0 aromatic carbocycles. The van der Waals surface area contributed by atoms with Gasteiger partial charge in [-0.25, -0.2) is 0 Å². The van der Waals surface area contributed by atoms with E-state index in [1.54, 1.807) is 0 Å². The van der Waals surface area contributed by atoms with Crippen molar-refractivity contribution in [3.05, 3.63) is 0 Å². The molecule has 8 heteroatoms. The average Bonchev–Trinajstić information content (AvgIpc) is 2.39. The number of aldehydes is 2. The minimum Gasteiger partial charge on any atom is -0.390 e. The molecule has 0 aliphatic rings. The topological polar surface area (TPSA) is 110 Å². The van der Waals surface area contributed by atoms with Crippen LogP contribution in [0.5, 0.6) is 0 Å². The second-order valence-corrected chi connectivity index (χ2v) is 4.90. The normalized spacial score (nSPS) is 18.6. The molecule has 0 saturated heterocycles. The quantitative estimate of drug-likeness (QED) is 0.430. The predicted molar refractivity (Wildman–Crippen MR) is 62.0 cm³/mol. The van der Waals surface area contributed by atoms with Crippen LogP contribution < -0.4 is 0 Å². The van der Waals surface area contributed by atoms with Crippen LogP contribution >= 0.6 is 8.25 Å². The molecule has 0 amide bonds. The van der Waals surface area contributed by atoms with Gasteiger partial charge in [-0.3, -0.25) is 0 Å². The Morgan fingerprint density at radius 1 is 1.00 bits per heavy atom. The van der Waals surface area contributed by atoms with Crippen LogP contribution in [-0.4, -0.2) is 48.2 Å². The second kappa shape index (κ2) is 9.24. The fourth-order valence-corrected chi connectivity index (χ4v) is 1.42. The van der Waals surface area contributed by atoms with Crippen LogP contribution in [0.15, 0.2) is 0 Å². The fourth-order valence-electron chi connectivity index (χ4n) is 0.797. The number of carbonyl (C=O) groups excluding carboxylic acids is 2. The first-order valence-corrected chi connectivity index (χ1v) is 6.51. The van der Waals surface area contributed by atoms with E-state index in [0.717, 1.165) is 0 Å². The Morgan fingerprint density at radius 3 is 1.61 bits per heavy atom.